The predicted molar refractivity (Wildman–Crippen MR) is 205 cm³/mol. The maximum Gasteiger partial charge on any atom is 0.416 e. The minimum Gasteiger partial charge on any atom is -0.748 e. The van der Waals surface area contributed by atoms with Crippen molar-refractivity contribution in [3.8, 4) is 0 Å². The maximum atomic E-state index is 14.1. The van der Waals surface area contributed by atoms with Crippen LogP contribution in [-0.2, 0) is 47.9 Å². The third-order valence-corrected chi connectivity index (χ3v) is 13.6. The fourth-order valence-electron chi connectivity index (χ4n) is 6.40. The van der Waals surface area contributed by atoms with Gasteiger partial charge in [0.15, 0.2) is 0 Å². The summed E-state index contributed by atoms with van der Waals surface area (Å²) in [7, 11) is -4.22. The fraction of sp³-hybridized carbons (Fsp3) is 0.209. The first-order valence-corrected chi connectivity index (χ1v) is 20.0. The van der Waals surface area contributed by atoms with Crippen molar-refractivity contribution in [2.24, 2.45) is 0 Å². The van der Waals surface area contributed by atoms with E-state index in [1.54, 1.807) is 6.07 Å². The number of hydrogen-bond acceptors (Lipinski definition) is 0. The first-order valence-electron chi connectivity index (χ1n) is 17.1. The number of alkyl halides is 12. The summed E-state index contributed by atoms with van der Waals surface area (Å²) in [4.78, 5) is 0. The Balaban J connectivity index is 0.00000115. The number of rotatable bonds is 7. The SMILES string of the molecule is Cc1cc(C)cc(P(C[c-]2cccc2P(c2cc(C(F)(F)F)cc(C(F)(F)F)c2)c2cc(C(F)(F)F)cc(C(F)(F)F)c2)c2cc(C)cc(C)c2)c1.[Fe].[cH-]1[cH-][cH-][cH-][cH-]1. The van der Waals surface area contributed by atoms with E-state index in [9.17, 15) is 52.7 Å². The van der Waals surface area contributed by atoms with E-state index < -0.39 is 73.4 Å². The summed E-state index contributed by atoms with van der Waals surface area (Å²) in [6.07, 6.45) is -21.2. The summed E-state index contributed by atoms with van der Waals surface area (Å²) < 4.78 is 169. The first kappa shape index (κ1) is 46.8. The van der Waals surface area contributed by atoms with Gasteiger partial charge in [-0.2, -0.15) is 58.8 Å². The second kappa shape index (κ2) is 18.2. The molecule has 0 heterocycles. The van der Waals surface area contributed by atoms with Crippen LogP contribution in [0.15, 0.2) is 121 Å². The molecule has 0 aliphatic carbocycles. The smallest absolute Gasteiger partial charge is 0.416 e. The molecule has 0 fully saturated rings. The zero-order chi connectivity index (χ0) is 42.1. The number of benzene rings is 4. The van der Waals surface area contributed by atoms with Crippen LogP contribution in [0.5, 0.6) is 0 Å². The topological polar surface area (TPSA) is 0 Å². The van der Waals surface area contributed by atoms with E-state index in [2.05, 4.69) is 0 Å². The van der Waals surface area contributed by atoms with Crippen LogP contribution in [0.2, 0.25) is 0 Å². The Kier molecular flexibility index (Phi) is 14.7. The average molecular weight is 897 g/mol. The molecule has 0 N–H and O–H groups in total. The van der Waals surface area contributed by atoms with Gasteiger partial charge in [0.2, 0.25) is 0 Å². The maximum absolute atomic E-state index is 14.1. The molecule has 0 aromatic heterocycles. The molecule has 0 spiro atoms. The first-order chi connectivity index (χ1) is 26.4. The van der Waals surface area contributed by atoms with Gasteiger partial charge >= 0.3 is 24.7 Å². The van der Waals surface area contributed by atoms with Crippen LogP contribution >= 0.6 is 15.8 Å². The van der Waals surface area contributed by atoms with Gasteiger partial charge in [0.05, 0.1) is 22.3 Å². The molecule has 0 saturated heterocycles. The molecular formula is C43H34F12FeP2-6. The van der Waals surface area contributed by atoms with Gasteiger partial charge in [-0.25, -0.2) is 12.1 Å². The van der Waals surface area contributed by atoms with Crippen LogP contribution in [0.4, 0.5) is 52.7 Å². The Hall–Kier alpha value is -3.88. The number of aryl methyl sites for hydroxylation is 4. The predicted octanol–water partition coefficient (Wildman–Crippen LogP) is 12.5. The Morgan fingerprint density at radius 1 is 0.448 bits per heavy atom. The van der Waals surface area contributed by atoms with E-state index in [-0.39, 0.29) is 40.7 Å². The molecule has 0 aliphatic rings. The summed E-state index contributed by atoms with van der Waals surface area (Å²) in [5.74, 6) is 0. The van der Waals surface area contributed by atoms with Gasteiger partial charge in [0, 0.05) is 17.1 Å². The zero-order valence-electron chi connectivity index (χ0n) is 31.0. The Labute approximate surface area is 341 Å². The second-order valence-electron chi connectivity index (χ2n) is 13.5. The summed E-state index contributed by atoms with van der Waals surface area (Å²) in [6.45, 7) is 7.54. The van der Waals surface area contributed by atoms with Gasteiger partial charge in [-0.3, -0.25) is 0 Å². The third-order valence-electron chi connectivity index (χ3n) is 8.70. The van der Waals surface area contributed by atoms with Crippen molar-refractivity contribution in [3.63, 3.8) is 0 Å². The van der Waals surface area contributed by atoms with Crippen molar-refractivity contribution in [1.82, 2.24) is 0 Å². The van der Waals surface area contributed by atoms with Crippen molar-refractivity contribution in [2.75, 3.05) is 0 Å². The van der Waals surface area contributed by atoms with Crippen molar-refractivity contribution in [1.29, 1.82) is 0 Å². The molecule has 0 atom stereocenters. The standard InChI is InChI=1S/C38H29F12P2.C5H5.Fe/c1-21-8-22(2)11-30(10-21)51(31-12-23(3)9-24(4)13-31)20-25-6-5-7-34(25)52(32-16-26(35(39,40)41)14-27(17-32)36(42,43)44)33-18-28(37(45,46)47)15-29(19-33)38(48,49)50;1-2-4-5-3-1;/h5-19H,20H2,1-4H3;1-5H;/q-1;-5;. The van der Waals surface area contributed by atoms with E-state index in [1.165, 1.54) is 12.1 Å². The van der Waals surface area contributed by atoms with Crippen LogP contribution in [-0.4, -0.2) is 0 Å². The van der Waals surface area contributed by atoms with Crippen LogP contribution in [0.3, 0.4) is 0 Å². The zero-order valence-corrected chi connectivity index (χ0v) is 33.9. The van der Waals surface area contributed by atoms with Crippen molar-refractivity contribution in [3.05, 3.63) is 171 Å². The largest absolute Gasteiger partial charge is 0.748 e. The molecule has 0 nitrogen and oxygen atoms in total. The van der Waals surface area contributed by atoms with Gasteiger partial charge in [0.1, 0.15) is 0 Å². The van der Waals surface area contributed by atoms with Gasteiger partial charge in [-0.05, 0) is 99.4 Å². The van der Waals surface area contributed by atoms with Crippen molar-refractivity contribution >= 4 is 42.4 Å². The number of hydrogen-bond donors (Lipinski definition) is 0. The van der Waals surface area contributed by atoms with Crippen LogP contribution < -0.4 is 26.5 Å². The number of halogens is 12. The van der Waals surface area contributed by atoms with E-state index >= 15 is 0 Å². The summed E-state index contributed by atoms with van der Waals surface area (Å²) >= 11 is 0. The molecule has 15 heteroatoms. The molecule has 58 heavy (non-hydrogen) atoms. The Bertz CT molecular complexity index is 2050. The van der Waals surface area contributed by atoms with Gasteiger partial charge in [0.25, 0.3) is 0 Å². The van der Waals surface area contributed by atoms with Crippen LogP contribution in [0, 0.1) is 27.7 Å². The monoisotopic (exact) mass is 896 g/mol. The average Bonchev–Trinajstić information content (AvgIpc) is 3.81. The molecule has 0 saturated carbocycles. The molecule has 0 bridgehead atoms. The van der Waals surface area contributed by atoms with Crippen LogP contribution in [0.25, 0.3) is 0 Å². The molecule has 0 unspecified atom stereocenters. The van der Waals surface area contributed by atoms with E-state index in [0.717, 1.165) is 32.9 Å². The van der Waals surface area contributed by atoms with Crippen LogP contribution in [0.1, 0.15) is 50.1 Å². The molecule has 0 amide bonds. The molecule has 6 aromatic rings. The molecule has 0 aliphatic heterocycles. The second-order valence-corrected chi connectivity index (χ2v) is 17.9. The van der Waals surface area contributed by atoms with Gasteiger partial charge in [-0.15, -0.1) is 10.9 Å². The van der Waals surface area contributed by atoms with E-state index in [0.29, 0.717) is 29.8 Å². The molecule has 0 radical (unpaired) electrons. The normalized spacial score (nSPS) is 12.4. The fourth-order valence-corrected chi connectivity index (χ4v) is 11.8. The quantitative estimate of drug-likeness (QED) is 0.0648. The Morgan fingerprint density at radius 2 is 0.759 bits per heavy atom. The van der Waals surface area contributed by atoms with Crippen molar-refractivity contribution in [2.45, 2.75) is 58.6 Å². The third kappa shape index (κ3) is 11.9. The molecule has 6 aromatic carbocycles. The summed E-state index contributed by atoms with van der Waals surface area (Å²) in [5, 5.41) is 0.381. The van der Waals surface area contributed by atoms with E-state index in [4.69, 9.17) is 0 Å². The Morgan fingerprint density at radius 3 is 1.05 bits per heavy atom. The molecular weight excluding hydrogens is 862 g/mol. The minimum atomic E-state index is -5.32. The summed E-state index contributed by atoms with van der Waals surface area (Å²) in [5.41, 5.74) is -2.92. The van der Waals surface area contributed by atoms with Gasteiger partial charge in [-0.1, -0.05) is 66.6 Å². The van der Waals surface area contributed by atoms with E-state index in [1.807, 2.05) is 94.4 Å². The van der Waals surface area contributed by atoms with Gasteiger partial charge < -0.3 is 30.3 Å². The summed E-state index contributed by atoms with van der Waals surface area (Å²) in [6, 6.07) is 27.3. The molecule has 314 valence electrons. The minimum absolute atomic E-state index is 0. The van der Waals surface area contributed by atoms with Crippen molar-refractivity contribution < 1.29 is 69.8 Å². The molecule has 6 rings (SSSR count).